The topological polar surface area (TPSA) is 64.0 Å². The van der Waals surface area contributed by atoms with Crippen LogP contribution >= 0.6 is 11.6 Å². The van der Waals surface area contributed by atoms with Crippen LogP contribution < -0.4 is 10.7 Å². The molecule has 0 aliphatic heterocycles. The van der Waals surface area contributed by atoms with Gasteiger partial charge in [0, 0.05) is 18.1 Å². The van der Waals surface area contributed by atoms with Gasteiger partial charge in [-0.3, -0.25) is 14.3 Å². The fourth-order valence-corrected chi connectivity index (χ4v) is 3.17. The molecule has 1 saturated carbocycles. The highest BCUT2D eigenvalue weighted by molar-refractivity contribution is 6.31. The number of amides is 1. The normalized spacial score (nSPS) is 15.9. The van der Waals surface area contributed by atoms with Crippen LogP contribution in [-0.4, -0.2) is 21.7 Å². The smallest absolute Gasteiger partial charge is 0.276 e. The van der Waals surface area contributed by atoms with E-state index in [1.54, 1.807) is 29.9 Å². The molecule has 1 aliphatic rings. The quantitative estimate of drug-likeness (QED) is 0.925. The van der Waals surface area contributed by atoms with E-state index < -0.39 is 5.91 Å². The summed E-state index contributed by atoms with van der Waals surface area (Å²) in [5, 5.41) is 7.96. The van der Waals surface area contributed by atoms with Crippen LogP contribution in [0, 0.1) is 0 Å². The summed E-state index contributed by atoms with van der Waals surface area (Å²) in [6, 6.07) is 5.16. The zero-order valence-electron chi connectivity index (χ0n) is 12.4. The molecule has 22 heavy (non-hydrogen) atoms. The van der Waals surface area contributed by atoms with Crippen molar-refractivity contribution in [2.24, 2.45) is 7.05 Å². The van der Waals surface area contributed by atoms with Gasteiger partial charge in [-0.05, 0) is 31.0 Å². The lowest BCUT2D eigenvalue weighted by molar-refractivity contribution is 0.0919. The molecule has 0 atom stereocenters. The monoisotopic (exact) mass is 319 g/mol. The minimum Gasteiger partial charge on any atom is -0.348 e. The summed E-state index contributed by atoms with van der Waals surface area (Å²) < 4.78 is 1.54. The molecule has 2 aromatic rings. The Morgan fingerprint density at radius 1 is 1.32 bits per heavy atom. The minimum absolute atomic E-state index is 0.0668. The molecule has 6 heteroatoms. The van der Waals surface area contributed by atoms with Crippen molar-refractivity contribution in [3.05, 3.63) is 39.1 Å². The molecule has 1 aliphatic carbocycles. The Morgan fingerprint density at radius 2 is 2.05 bits per heavy atom. The first-order valence-electron chi connectivity index (χ1n) is 7.53. The Morgan fingerprint density at radius 3 is 2.77 bits per heavy atom. The van der Waals surface area contributed by atoms with Crippen molar-refractivity contribution >= 4 is 28.4 Å². The van der Waals surface area contributed by atoms with Crippen molar-refractivity contribution in [1.82, 2.24) is 15.1 Å². The molecule has 116 valence electrons. The number of aryl methyl sites for hydroxylation is 1. The van der Waals surface area contributed by atoms with Gasteiger partial charge in [-0.1, -0.05) is 30.9 Å². The maximum Gasteiger partial charge on any atom is 0.276 e. The third-order valence-corrected chi connectivity index (χ3v) is 4.41. The molecule has 0 spiro atoms. The van der Waals surface area contributed by atoms with E-state index in [4.69, 9.17) is 11.6 Å². The average Bonchev–Trinajstić information content (AvgIpc) is 2.51. The van der Waals surface area contributed by atoms with Gasteiger partial charge >= 0.3 is 0 Å². The molecule has 0 unspecified atom stereocenters. The molecule has 0 radical (unpaired) electrons. The van der Waals surface area contributed by atoms with E-state index in [0.29, 0.717) is 15.9 Å². The van der Waals surface area contributed by atoms with E-state index >= 15 is 0 Å². The highest BCUT2D eigenvalue weighted by Crippen LogP contribution is 2.18. The van der Waals surface area contributed by atoms with E-state index in [1.807, 2.05) is 0 Å². The first-order valence-corrected chi connectivity index (χ1v) is 7.91. The number of fused-ring (bicyclic) bond motifs is 1. The largest absolute Gasteiger partial charge is 0.348 e. The van der Waals surface area contributed by atoms with Crippen molar-refractivity contribution in [1.29, 1.82) is 0 Å². The van der Waals surface area contributed by atoms with Crippen LogP contribution in [0.25, 0.3) is 10.9 Å². The maximum absolute atomic E-state index is 12.5. The maximum atomic E-state index is 12.5. The number of nitrogens with zero attached hydrogens (tertiary/aromatic N) is 2. The Bertz CT molecular complexity index is 779. The summed E-state index contributed by atoms with van der Waals surface area (Å²) in [6.07, 6.45) is 5.37. The molecular weight excluding hydrogens is 302 g/mol. The van der Waals surface area contributed by atoms with Gasteiger partial charge in [0.15, 0.2) is 5.69 Å². The number of hydrogen-bond donors (Lipinski definition) is 1. The zero-order chi connectivity index (χ0) is 15.7. The van der Waals surface area contributed by atoms with Gasteiger partial charge in [-0.2, -0.15) is 5.10 Å². The zero-order valence-corrected chi connectivity index (χ0v) is 13.2. The summed E-state index contributed by atoms with van der Waals surface area (Å²) in [5.41, 5.74) is 0.218. The number of hydrogen-bond acceptors (Lipinski definition) is 3. The second-order valence-electron chi connectivity index (χ2n) is 5.77. The Labute approximate surface area is 133 Å². The van der Waals surface area contributed by atoms with Crippen LogP contribution in [0.2, 0.25) is 5.02 Å². The van der Waals surface area contributed by atoms with Crippen LogP contribution in [-0.2, 0) is 7.05 Å². The number of carbonyl (C=O) groups excluding carboxylic acids is 1. The molecular formula is C16H18ClN3O2. The van der Waals surface area contributed by atoms with Crippen LogP contribution in [0.4, 0.5) is 0 Å². The number of halogens is 1. The van der Waals surface area contributed by atoms with E-state index in [2.05, 4.69) is 10.4 Å². The number of aromatic nitrogens is 2. The fourth-order valence-electron chi connectivity index (χ4n) is 3.00. The molecule has 1 N–H and O–H groups in total. The van der Waals surface area contributed by atoms with E-state index in [1.165, 1.54) is 6.42 Å². The molecule has 3 rings (SSSR count). The predicted molar refractivity (Wildman–Crippen MR) is 86.3 cm³/mol. The Hall–Kier alpha value is -1.88. The van der Waals surface area contributed by atoms with Crippen molar-refractivity contribution in [3.63, 3.8) is 0 Å². The third-order valence-electron chi connectivity index (χ3n) is 4.17. The van der Waals surface area contributed by atoms with Gasteiger partial charge < -0.3 is 5.32 Å². The molecule has 1 fully saturated rings. The molecule has 0 saturated heterocycles. The Balaban J connectivity index is 1.97. The summed E-state index contributed by atoms with van der Waals surface area (Å²) in [5.74, 6) is -0.394. The molecule has 0 bridgehead atoms. The molecule has 1 aromatic heterocycles. The van der Waals surface area contributed by atoms with Gasteiger partial charge in [-0.25, -0.2) is 0 Å². The number of benzene rings is 1. The van der Waals surface area contributed by atoms with Gasteiger partial charge in [0.2, 0.25) is 5.43 Å². The highest BCUT2D eigenvalue weighted by atomic mass is 35.5. The average molecular weight is 320 g/mol. The minimum atomic E-state index is -0.394. The summed E-state index contributed by atoms with van der Waals surface area (Å²) in [6.45, 7) is 0. The SMILES string of the molecule is Cn1nc(C(=O)NC2CCCCC2)c(=O)c2cc(Cl)ccc21. The van der Waals surface area contributed by atoms with Crippen LogP contribution in [0.5, 0.6) is 0 Å². The first kappa shape index (κ1) is 15.0. The standard InChI is InChI=1S/C16H18ClN3O2/c1-20-13-8-7-10(17)9-12(13)15(21)14(19-20)16(22)18-11-5-3-2-4-6-11/h7-9,11H,2-6H2,1H3,(H,18,22). The fraction of sp³-hybridized carbons (Fsp3) is 0.438. The predicted octanol–water partition coefficient (Wildman–Crippen LogP) is 2.65. The number of nitrogens with one attached hydrogen (secondary N) is 1. The summed E-state index contributed by atoms with van der Waals surface area (Å²) >= 11 is 5.96. The number of rotatable bonds is 2. The lowest BCUT2D eigenvalue weighted by atomic mass is 9.95. The van der Waals surface area contributed by atoms with Crippen molar-refractivity contribution in [3.8, 4) is 0 Å². The van der Waals surface area contributed by atoms with E-state index in [-0.39, 0.29) is 17.2 Å². The summed E-state index contributed by atoms with van der Waals surface area (Å²) in [4.78, 5) is 24.9. The second kappa shape index (κ2) is 6.08. The number of carbonyl (C=O) groups is 1. The van der Waals surface area contributed by atoms with Gasteiger partial charge in [0.1, 0.15) is 0 Å². The van der Waals surface area contributed by atoms with Crippen LogP contribution in [0.3, 0.4) is 0 Å². The van der Waals surface area contributed by atoms with Gasteiger partial charge in [0.25, 0.3) is 5.91 Å². The van der Waals surface area contributed by atoms with Crippen molar-refractivity contribution < 1.29 is 4.79 Å². The highest BCUT2D eigenvalue weighted by Gasteiger charge is 2.21. The summed E-state index contributed by atoms with van der Waals surface area (Å²) in [7, 11) is 1.72. The van der Waals surface area contributed by atoms with Crippen molar-refractivity contribution in [2.75, 3.05) is 0 Å². The van der Waals surface area contributed by atoms with Crippen molar-refractivity contribution in [2.45, 2.75) is 38.1 Å². The van der Waals surface area contributed by atoms with Crippen LogP contribution in [0.1, 0.15) is 42.6 Å². The second-order valence-corrected chi connectivity index (χ2v) is 6.21. The lowest BCUT2D eigenvalue weighted by Gasteiger charge is -2.22. The molecule has 5 nitrogen and oxygen atoms in total. The molecule has 1 heterocycles. The van der Waals surface area contributed by atoms with E-state index in [0.717, 1.165) is 25.7 Å². The molecule has 1 amide bonds. The van der Waals surface area contributed by atoms with Gasteiger partial charge in [0.05, 0.1) is 10.9 Å². The Kier molecular flexibility index (Phi) is 4.16. The third kappa shape index (κ3) is 2.86. The van der Waals surface area contributed by atoms with Gasteiger partial charge in [-0.15, -0.1) is 0 Å². The first-order chi connectivity index (χ1) is 10.6. The van der Waals surface area contributed by atoms with Crippen LogP contribution in [0.15, 0.2) is 23.0 Å². The van der Waals surface area contributed by atoms with E-state index in [9.17, 15) is 9.59 Å². The lowest BCUT2D eigenvalue weighted by Crippen LogP contribution is -2.39. The molecule has 1 aromatic carbocycles.